The van der Waals surface area contributed by atoms with Gasteiger partial charge in [0.25, 0.3) is 11.6 Å². The number of rotatable bonds is 5. The maximum atomic E-state index is 14.4. The van der Waals surface area contributed by atoms with E-state index in [0.29, 0.717) is 5.56 Å². The predicted octanol–water partition coefficient (Wildman–Crippen LogP) is 4.61. The first-order valence-corrected chi connectivity index (χ1v) is 13.5. The van der Waals surface area contributed by atoms with Crippen LogP contribution in [0.25, 0.3) is 0 Å². The third-order valence-corrected chi connectivity index (χ3v) is 8.67. The number of pyridine rings is 1. The van der Waals surface area contributed by atoms with E-state index < -0.39 is 51.5 Å². The van der Waals surface area contributed by atoms with E-state index in [1.807, 2.05) is 48.5 Å². The maximum Gasteiger partial charge on any atom is 0.294 e. The van der Waals surface area contributed by atoms with Crippen LogP contribution in [0.2, 0.25) is 5.02 Å². The van der Waals surface area contributed by atoms with Crippen molar-refractivity contribution in [3.05, 3.63) is 134 Å². The second-order valence-corrected chi connectivity index (χ2v) is 10.8. The van der Waals surface area contributed by atoms with E-state index in [1.54, 1.807) is 12.1 Å². The van der Waals surface area contributed by atoms with Gasteiger partial charge in [-0.3, -0.25) is 29.5 Å². The molecule has 42 heavy (non-hydrogen) atoms. The molecule has 0 unspecified atom stereocenters. The molecule has 2 bridgehead atoms. The number of halogens is 1. The van der Waals surface area contributed by atoms with Crippen LogP contribution in [0.5, 0.6) is 0 Å². The number of nitro groups is 1. The lowest BCUT2D eigenvalue weighted by atomic mass is 9.47. The van der Waals surface area contributed by atoms with Crippen molar-refractivity contribution in [1.82, 2.24) is 10.4 Å². The lowest BCUT2D eigenvalue weighted by Crippen LogP contribution is -2.54. The molecule has 2 atom stereocenters. The number of imide groups is 1. The molecule has 10 nitrogen and oxygen atoms in total. The maximum absolute atomic E-state index is 14.4. The molecule has 0 saturated carbocycles. The molecule has 3 aromatic carbocycles. The number of aromatic nitrogens is 1. The minimum Gasteiger partial charge on any atom is -0.274 e. The molecule has 1 aliphatic heterocycles. The molecule has 1 fully saturated rings. The Morgan fingerprint density at radius 3 is 2.26 bits per heavy atom. The summed E-state index contributed by atoms with van der Waals surface area (Å²) in [7, 11) is 0. The highest BCUT2D eigenvalue weighted by molar-refractivity contribution is 6.31. The van der Waals surface area contributed by atoms with Crippen molar-refractivity contribution in [2.24, 2.45) is 16.9 Å². The highest BCUT2D eigenvalue weighted by Crippen LogP contribution is 2.64. The van der Waals surface area contributed by atoms with E-state index in [9.17, 15) is 24.5 Å². The first-order valence-electron chi connectivity index (χ1n) is 13.1. The smallest absolute Gasteiger partial charge is 0.274 e. The molecule has 8 rings (SSSR count). The number of benzene rings is 3. The topological polar surface area (TPSA) is 135 Å². The highest BCUT2D eigenvalue weighted by Gasteiger charge is 2.68. The van der Waals surface area contributed by atoms with E-state index in [4.69, 9.17) is 11.6 Å². The average molecular weight is 578 g/mol. The van der Waals surface area contributed by atoms with Gasteiger partial charge in [0.1, 0.15) is 5.69 Å². The number of carbonyl (C=O) groups excluding carboxylic acids is 3. The molecule has 1 saturated heterocycles. The number of nitro benzene ring substituents is 1. The molecule has 2 heterocycles. The molecule has 3 amide bonds. The summed E-state index contributed by atoms with van der Waals surface area (Å²) in [6, 6.07) is 22.1. The largest absolute Gasteiger partial charge is 0.294 e. The van der Waals surface area contributed by atoms with Gasteiger partial charge in [0.15, 0.2) is 0 Å². The molecular formula is C31H20ClN5O5. The minimum absolute atomic E-state index is 0.107. The molecule has 206 valence electrons. The molecule has 1 aromatic heterocycles. The van der Waals surface area contributed by atoms with Gasteiger partial charge in [-0.25, -0.2) is 10.3 Å². The molecule has 4 aliphatic rings. The molecule has 4 aromatic rings. The van der Waals surface area contributed by atoms with Crippen molar-refractivity contribution in [3.63, 3.8) is 0 Å². The van der Waals surface area contributed by atoms with E-state index in [0.717, 1.165) is 33.2 Å². The van der Waals surface area contributed by atoms with Gasteiger partial charge in [0.2, 0.25) is 11.8 Å². The number of carbonyl (C=O) groups is 3. The van der Waals surface area contributed by atoms with Crippen LogP contribution in [-0.2, 0) is 15.0 Å². The molecule has 3 aliphatic carbocycles. The fourth-order valence-electron chi connectivity index (χ4n) is 6.88. The number of hydrazone groups is 1. The van der Waals surface area contributed by atoms with E-state index >= 15 is 0 Å². The average Bonchev–Trinajstić information content (AvgIpc) is 3.28. The van der Waals surface area contributed by atoms with Crippen molar-refractivity contribution in [2.45, 2.75) is 11.3 Å². The minimum atomic E-state index is -1.25. The lowest BCUT2D eigenvalue weighted by molar-refractivity contribution is -0.384. The van der Waals surface area contributed by atoms with E-state index in [1.165, 1.54) is 30.7 Å². The normalized spacial score (nSPS) is 23.5. The van der Waals surface area contributed by atoms with Crippen LogP contribution in [0.4, 0.5) is 11.4 Å². The van der Waals surface area contributed by atoms with Crippen molar-refractivity contribution in [1.29, 1.82) is 0 Å². The third-order valence-electron chi connectivity index (χ3n) is 8.44. The number of nitrogens with one attached hydrogen (secondary N) is 1. The van der Waals surface area contributed by atoms with Gasteiger partial charge in [-0.2, -0.15) is 5.10 Å². The Bertz CT molecular complexity index is 1810. The van der Waals surface area contributed by atoms with E-state index in [2.05, 4.69) is 15.5 Å². The van der Waals surface area contributed by atoms with Crippen molar-refractivity contribution >= 4 is 46.9 Å². The van der Waals surface area contributed by atoms with Crippen molar-refractivity contribution < 1.29 is 19.3 Å². The fraction of sp³-hybridized carbons (Fsp3) is 0.129. The van der Waals surface area contributed by atoms with Crippen LogP contribution in [0.1, 0.15) is 38.5 Å². The summed E-state index contributed by atoms with van der Waals surface area (Å²) < 4.78 is 0. The van der Waals surface area contributed by atoms with E-state index in [-0.39, 0.29) is 10.7 Å². The summed E-state index contributed by atoms with van der Waals surface area (Å²) in [5, 5.41) is 16.4. The second kappa shape index (κ2) is 9.42. The van der Waals surface area contributed by atoms with Gasteiger partial charge in [-0.15, -0.1) is 0 Å². The zero-order chi connectivity index (χ0) is 29.2. The standard InChI is InChI=1S/C31H20ClN5O5/c32-18-9-10-23(24(15-18)37(41)42)36-29(39)26-25-19-5-1-3-7-21(19)31(27(26)30(36)40,22-8-4-2-6-20(22)25)16-34-35-28(38)17-11-13-33-14-12-17/h1-16,25-27H,(H,35,38)/b34-16-/t25?,26-,27-,31?/m1/s1. The first kappa shape index (κ1) is 25.7. The lowest BCUT2D eigenvalue weighted by Gasteiger charge is -2.52. The summed E-state index contributed by atoms with van der Waals surface area (Å²) in [6.45, 7) is 0. The van der Waals surface area contributed by atoms with Crippen LogP contribution in [0.15, 0.2) is 96.4 Å². The highest BCUT2D eigenvalue weighted by atomic mass is 35.5. The Labute approximate surface area is 243 Å². The Balaban J connectivity index is 1.42. The Kier molecular flexibility index (Phi) is 5.77. The predicted molar refractivity (Wildman–Crippen MR) is 153 cm³/mol. The van der Waals surface area contributed by atoms with Crippen LogP contribution >= 0.6 is 11.6 Å². The SMILES string of the molecule is O=C(N/N=C\C12c3ccccc3C(c3ccccc31)[C@H]1C(=O)N(c3ccc(Cl)cc3[N+](=O)[O-])C(=O)[C@@H]12)c1ccncc1. The van der Waals surface area contributed by atoms with Gasteiger partial charge in [0.05, 0.1) is 22.2 Å². The number of anilines is 1. The molecular weight excluding hydrogens is 558 g/mol. The number of hydrogen-bond acceptors (Lipinski definition) is 7. The van der Waals surface area contributed by atoms with Crippen LogP contribution in [-0.4, -0.2) is 33.8 Å². The van der Waals surface area contributed by atoms with Crippen molar-refractivity contribution in [3.8, 4) is 0 Å². The molecule has 0 radical (unpaired) electrons. The third kappa shape index (κ3) is 3.48. The quantitative estimate of drug-likeness (QED) is 0.159. The summed E-state index contributed by atoms with van der Waals surface area (Å²) in [6.07, 6.45) is 4.51. The second-order valence-electron chi connectivity index (χ2n) is 10.4. The Morgan fingerprint density at radius 2 is 1.62 bits per heavy atom. The molecule has 0 spiro atoms. The number of nitrogens with zero attached hydrogens (tertiary/aromatic N) is 4. The monoisotopic (exact) mass is 577 g/mol. The first-order chi connectivity index (χ1) is 20.3. The van der Waals surface area contributed by atoms with Crippen LogP contribution in [0.3, 0.4) is 0 Å². The number of amides is 3. The van der Waals surface area contributed by atoms with Gasteiger partial charge < -0.3 is 0 Å². The van der Waals surface area contributed by atoms with Gasteiger partial charge in [-0.1, -0.05) is 60.1 Å². The number of hydrogen-bond donors (Lipinski definition) is 1. The summed E-state index contributed by atoms with van der Waals surface area (Å²) in [5.41, 5.74) is 4.35. The van der Waals surface area contributed by atoms with Gasteiger partial charge in [-0.05, 0) is 46.5 Å². The zero-order valence-corrected chi connectivity index (χ0v) is 22.4. The summed E-state index contributed by atoms with van der Waals surface area (Å²) in [5.74, 6) is -3.90. The molecule has 11 heteroatoms. The summed E-state index contributed by atoms with van der Waals surface area (Å²) in [4.78, 5) is 57.7. The van der Waals surface area contributed by atoms with Crippen LogP contribution < -0.4 is 10.3 Å². The Morgan fingerprint density at radius 1 is 0.976 bits per heavy atom. The van der Waals surface area contributed by atoms with Gasteiger partial charge >= 0.3 is 0 Å². The van der Waals surface area contributed by atoms with Crippen LogP contribution in [0, 0.1) is 22.0 Å². The van der Waals surface area contributed by atoms with Crippen molar-refractivity contribution in [2.75, 3.05) is 4.90 Å². The Hall–Kier alpha value is -5.22. The summed E-state index contributed by atoms with van der Waals surface area (Å²) >= 11 is 6.04. The zero-order valence-electron chi connectivity index (χ0n) is 21.7. The fourth-order valence-corrected chi connectivity index (χ4v) is 7.05. The van der Waals surface area contributed by atoms with Gasteiger partial charge in [0, 0.05) is 41.2 Å². The molecule has 1 N–H and O–H groups in total.